The van der Waals surface area contributed by atoms with Gasteiger partial charge in [-0.05, 0) is 139 Å². The van der Waals surface area contributed by atoms with E-state index in [-0.39, 0.29) is 68.5 Å². The van der Waals surface area contributed by atoms with Crippen LogP contribution in [-0.4, -0.2) is 338 Å². The largest absolute Gasteiger partial charge is 0.494 e. The van der Waals surface area contributed by atoms with Crippen molar-refractivity contribution in [2.75, 3.05) is 106 Å². The van der Waals surface area contributed by atoms with Crippen LogP contribution in [0.5, 0.6) is 11.5 Å². The van der Waals surface area contributed by atoms with Crippen LogP contribution in [-0.2, 0) is 91.1 Å². The fourth-order valence-electron chi connectivity index (χ4n) is 15.1. The van der Waals surface area contributed by atoms with Gasteiger partial charge in [-0.15, -0.1) is 0 Å². The molecule has 47 heteroatoms. The first-order valence-electron chi connectivity index (χ1n) is 49.5. The molecule has 12 atom stereocenters. The zero-order chi connectivity index (χ0) is 109. The average molecular weight is 2070 g/mol. The van der Waals surface area contributed by atoms with Crippen LogP contribution in [0.3, 0.4) is 0 Å². The highest BCUT2D eigenvalue weighted by Gasteiger charge is 2.35. The number of ether oxygens (including phenoxy) is 2. The summed E-state index contributed by atoms with van der Waals surface area (Å²) in [4.78, 5) is 267. The molecule has 0 heterocycles. The molecule has 0 bridgehead atoms. The Kier molecular flexibility index (Phi) is 67.7. The molecular formula is C99H151N11O36. The number of carboxylic acid groups (broad SMARTS) is 4. The van der Waals surface area contributed by atoms with Gasteiger partial charge in [-0.25, -0.2) is 19.2 Å². The Morgan fingerprint density at radius 1 is 0.281 bits per heavy atom. The SMILES string of the molecule is C=C(CCCCCCCCCOc1ccc(C(=O)O)cc1)N[C@@H](CCC(=O)N[C@@H](CO)C(=O)C[C@@H](CO)C(=O)NCC(=O)C[C@@H](CO)C(=O)N[C@@H](CO)C(=O)CCC(=O)NCCCC[C@H](NC)C(=O)CC[C@@H](CCCCNC(=O)CCC(=O)[C@H](CO)NC(=O)[C@H](CO)CC(=O)CNC(=O)[C@H](CO)CC(=O)[C@H](CO)NC(=O)CC[C@H](NC(=O)CCCCCCCCCOc1ccc(C(=O)O)cc1)C(=O)O)C(=O)CO)C(=O)O. The summed E-state index contributed by atoms with van der Waals surface area (Å²) < 4.78 is 11.3. The lowest BCUT2D eigenvalue weighted by Crippen LogP contribution is -2.47. The van der Waals surface area contributed by atoms with Gasteiger partial charge >= 0.3 is 23.9 Å². The number of allylic oxidation sites excluding steroid dienone is 1. The molecule has 146 heavy (non-hydrogen) atoms. The van der Waals surface area contributed by atoms with Gasteiger partial charge in [0.15, 0.2) is 40.5 Å². The highest BCUT2D eigenvalue weighted by atomic mass is 16.5. The van der Waals surface area contributed by atoms with E-state index in [0.29, 0.717) is 81.8 Å². The molecule has 2 aromatic carbocycles. The van der Waals surface area contributed by atoms with Crippen molar-refractivity contribution >= 4 is 123 Å². The smallest absolute Gasteiger partial charge is 0.335 e. The van der Waals surface area contributed by atoms with E-state index in [9.17, 15) is 157 Å². The van der Waals surface area contributed by atoms with E-state index in [1.54, 1.807) is 31.3 Å². The number of carboxylic acids is 4. The summed E-state index contributed by atoms with van der Waals surface area (Å²) in [6.45, 7) is -4.87. The van der Waals surface area contributed by atoms with Gasteiger partial charge in [0, 0.05) is 102 Å². The molecule has 9 amide bonds. The fourth-order valence-corrected chi connectivity index (χ4v) is 15.1. The molecule has 0 aromatic heterocycles. The summed E-state index contributed by atoms with van der Waals surface area (Å²) in [5, 5.41) is 154. The minimum absolute atomic E-state index is 0.0241. The molecule has 47 nitrogen and oxygen atoms in total. The lowest BCUT2D eigenvalue weighted by Gasteiger charge is -2.21. The molecule has 0 aliphatic carbocycles. The minimum Gasteiger partial charge on any atom is -0.494 e. The third-order valence-corrected chi connectivity index (χ3v) is 24.1. The number of likely N-dealkylation sites (N-methyl/N-ethyl adjacent to an activating group) is 1. The van der Waals surface area contributed by atoms with E-state index in [1.165, 1.54) is 24.3 Å². The standard InChI is InChI=1S/C99H151N11O36/c1-62(21-13-9-5-3-7-11-19-45-145-72-30-25-64(26-31-72)96(137)138)105-75(98(141)142)34-39-90(131)107-79(59-117)84(125)49-68(55-113)92(133)103-51-70(120)48-67(54-112)95(136)110-78(58-116)83(124)38-42-88(129)102-44-18-16-23-74(100-2)81(122)36-29-63(86(127)61-119)22-15-17-43-101-87(128)41-37-82(123)77(57-115)109-94(135)66(53-111)47-71(121)52-104-93(134)69(56-114)50-85(126)80(60-118)108-91(132)40-35-76(99(143)144)106-89(130)24-14-10-6-4-8-12-20-46-146-73-32-27-65(28-33-73)97(139)140/h25-28,30-33,63,66-69,74-80,100,105,111-119H,1,3-24,29,34-61H2,2H3,(H,101,128)(H,102,129)(H,103,133)(H,104,134)(H,106,130)(H,107,131)(H,108,132)(H,109,135)(H,110,136)(H,137,138)(H,139,140)(H,141,142)(H,143,144)/t63-,66+,67+,68+,69+,74+,75+,76+,77+,78+,79+,80+/m1/s1. The fraction of sp³-hybridized carbons (Fsp3) is 0.646. The normalized spacial score (nSPS) is 13.6. The van der Waals surface area contributed by atoms with Crippen LogP contribution in [0.2, 0.25) is 0 Å². The second kappa shape index (κ2) is 76.2. The Morgan fingerprint density at radius 3 is 0.993 bits per heavy atom. The highest BCUT2D eigenvalue weighted by Crippen LogP contribution is 2.23. The van der Waals surface area contributed by atoms with Crippen LogP contribution in [0.25, 0.3) is 0 Å². The number of Topliss-reactive ketones (excluding diaryl/α,β-unsaturated/α-hetero) is 8. The first-order valence-corrected chi connectivity index (χ1v) is 49.5. The maximum atomic E-state index is 13.3. The zero-order valence-electron chi connectivity index (χ0n) is 83.0. The number of nitrogens with one attached hydrogen (secondary N) is 11. The summed E-state index contributed by atoms with van der Waals surface area (Å²) in [6, 6.07) is 2.56. The topological polar surface area (TPSA) is 772 Å². The number of aromatic carboxylic acids is 2. The summed E-state index contributed by atoms with van der Waals surface area (Å²) in [7, 11) is 1.56. The first-order chi connectivity index (χ1) is 69.7. The monoisotopic (exact) mass is 2070 g/mol. The molecule has 0 radical (unpaired) electrons. The Bertz CT molecular complexity index is 4480. The van der Waals surface area contributed by atoms with Crippen LogP contribution in [0.15, 0.2) is 60.8 Å². The van der Waals surface area contributed by atoms with Gasteiger partial charge in [0.05, 0.1) is 120 Å². The maximum Gasteiger partial charge on any atom is 0.335 e. The number of carbonyl (C=O) groups is 21. The van der Waals surface area contributed by atoms with Gasteiger partial charge < -0.3 is 134 Å². The molecule has 2 rings (SSSR count). The van der Waals surface area contributed by atoms with E-state index in [4.69, 9.17) is 19.7 Å². The number of hydrogen-bond acceptors (Lipinski definition) is 34. The number of aliphatic hydroxyl groups is 9. The second-order valence-electron chi connectivity index (χ2n) is 35.6. The molecule has 0 aliphatic heterocycles. The molecule has 0 fully saturated rings. The van der Waals surface area contributed by atoms with E-state index in [0.717, 1.165) is 77.0 Å². The van der Waals surface area contributed by atoms with E-state index in [2.05, 4.69) is 65.1 Å². The predicted molar refractivity (Wildman–Crippen MR) is 521 cm³/mol. The average Bonchev–Trinajstić information content (AvgIpc) is 0.867. The number of benzene rings is 2. The number of unbranched alkanes of at least 4 members (excludes halogenated alkanes) is 14. The summed E-state index contributed by atoms with van der Waals surface area (Å²) in [5.74, 6) is -23.8. The third-order valence-electron chi connectivity index (χ3n) is 24.1. The quantitative estimate of drug-likeness (QED) is 0.0363. The predicted octanol–water partition coefficient (Wildman–Crippen LogP) is -0.733. The van der Waals surface area contributed by atoms with Crippen molar-refractivity contribution in [3.8, 4) is 11.5 Å². The third kappa shape index (κ3) is 55.8. The zero-order valence-corrected chi connectivity index (χ0v) is 83.0. The van der Waals surface area contributed by atoms with Crippen molar-refractivity contribution in [2.45, 2.75) is 273 Å². The van der Waals surface area contributed by atoms with Crippen LogP contribution < -0.4 is 68.0 Å². The number of amides is 9. The maximum absolute atomic E-state index is 13.3. The van der Waals surface area contributed by atoms with Crippen molar-refractivity contribution in [2.24, 2.45) is 29.6 Å². The van der Waals surface area contributed by atoms with Gasteiger partial charge in [-0.1, -0.05) is 77.2 Å². The Morgan fingerprint density at radius 2 is 0.623 bits per heavy atom. The van der Waals surface area contributed by atoms with Gasteiger partial charge in [-0.2, -0.15) is 0 Å². The number of ketones is 8. The van der Waals surface area contributed by atoms with Gasteiger partial charge in [-0.3, -0.25) is 81.5 Å². The molecule has 24 N–H and O–H groups in total. The number of carbonyl (C=O) groups excluding carboxylic acids is 17. The molecule has 818 valence electrons. The summed E-state index contributed by atoms with van der Waals surface area (Å²) in [6.07, 6.45) is 8.04. The van der Waals surface area contributed by atoms with E-state index >= 15 is 0 Å². The Balaban J connectivity index is 1.68. The second-order valence-corrected chi connectivity index (χ2v) is 35.6. The molecule has 0 aliphatic rings. The van der Waals surface area contributed by atoms with Crippen LogP contribution in [0.4, 0.5) is 0 Å². The highest BCUT2D eigenvalue weighted by molar-refractivity contribution is 5.99. The van der Waals surface area contributed by atoms with Gasteiger partial charge in [0.2, 0.25) is 53.2 Å². The molecule has 0 spiro atoms. The lowest BCUT2D eigenvalue weighted by molar-refractivity contribution is -0.142. The van der Waals surface area contributed by atoms with Crippen LogP contribution in [0, 0.1) is 29.6 Å². The molecule has 2 aromatic rings. The van der Waals surface area contributed by atoms with Gasteiger partial charge in [0.1, 0.15) is 60.1 Å². The van der Waals surface area contributed by atoms with Crippen LogP contribution >= 0.6 is 0 Å². The van der Waals surface area contributed by atoms with Gasteiger partial charge in [0.25, 0.3) is 0 Å². The van der Waals surface area contributed by atoms with Crippen molar-refractivity contribution in [3.63, 3.8) is 0 Å². The number of aliphatic carboxylic acids is 2. The number of aliphatic hydroxyl groups excluding tert-OH is 9. The molecule has 0 unspecified atom stereocenters. The molecule has 0 saturated heterocycles. The Labute approximate surface area is 847 Å². The molecule has 0 saturated carbocycles. The number of rotatable bonds is 90. The van der Waals surface area contributed by atoms with Crippen molar-refractivity contribution in [3.05, 3.63) is 71.9 Å². The summed E-state index contributed by atoms with van der Waals surface area (Å²) in [5.41, 5.74) is 0.772. The first kappa shape index (κ1) is 130. The van der Waals surface area contributed by atoms with E-state index < -0.39 is 326 Å². The molecular weight excluding hydrogens is 1920 g/mol. The Hall–Kier alpha value is -12.4. The van der Waals surface area contributed by atoms with Crippen molar-refractivity contribution in [1.82, 2.24) is 58.5 Å². The minimum atomic E-state index is -1.62. The lowest BCUT2D eigenvalue weighted by atomic mass is 9.90. The number of hydrogen-bond donors (Lipinski definition) is 24. The summed E-state index contributed by atoms with van der Waals surface area (Å²) >= 11 is 0. The van der Waals surface area contributed by atoms with E-state index in [1.807, 2.05) is 0 Å². The van der Waals surface area contributed by atoms with Crippen LogP contribution in [0.1, 0.15) is 252 Å². The van der Waals surface area contributed by atoms with Crippen molar-refractivity contribution < 1.29 is 177 Å². The van der Waals surface area contributed by atoms with Crippen molar-refractivity contribution in [1.29, 1.82) is 0 Å².